The molecule has 0 saturated heterocycles. The quantitative estimate of drug-likeness (QED) is 0.587. The van der Waals surface area contributed by atoms with E-state index in [0.717, 1.165) is 6.07 Å². The van der Waals surface area contributed by atoms with Crippen molar-refractivity contribution in [1.82, 2.24) is 0 Å². The van der Waals surface area contributed by atoms with Crippen LogP contribution in [0, 0.1) is 0 Å². The fourth-order valence-electron chi connectivity index (χ4n) is 1.19. The van der Waals surface area contributed by atoms with Gasteiger partial charge in [-0.15, -0.1) is 0 Å². The molecular weight excluding hydrogens is 289 g/mol. The molecule has 1 aromatic rings. The fraction of sp³-hybridized carbons (Fsp3) is 0.300. The maximum Gasteiger partial charge on any atom is 0.534 e. The van der Waals surface area contributed by atoms with E-state index >= 15 is 0 Å². The first-order valence-electron chi connectivity index (χ1n) is 4.92. The van der Waals surface area contributed by atoms with Crippen molar-refractivity contribution in [3.05, 3.63) is 29.8 Å². The molecule has 0 aliphatic heterocycles. The number of alkyl halides is 3. The summed E-state index contributed by atoms with van der Waals surface area (Å²) in [6, 6.07) is 4.96. The number of para-hydroxylation sites is 1. The van der Waals surface area contributed by atoms with Crippen molar-refractivity contribution in [2.24, 2.45) is 0 Å². The van der Waals surface area contributed by atoms with E-state index in [2.05, 4.69) is 4.18 Å². The van der Waals surface area contributed by atoms with Gasteiger partial charge >= 0.3 is 15.6 Å². The molecule has 0 heterocycles. The van der Waals surface area contributed by atoms with E-state index in [1.54, 1.807) is 0 Å². The van der Waals surface area contributed by atoms with E-state index in [1.807, 2.05) is 0 Å². The zero-order valence-corrected chi connectivity index (χ0v) is 10.1. The molecule has 0 atom stereocenters. The van der Waals surface area contributed by atoms with Crippen LogP contribution in [-0.2, 0) is 21.3 Å². The lowest BCUT2D eigenvalue weighted by molar-refractivity contribution is -0.305. The zero-order valence-electron chi connectivity index (χ0n) is 9.31. The highest BCUT2D eigenvalue weighted by Crippen LogP contribution is 2.29. The Labute approximate surface area is 106 Å². The lowest BCUT2D eigenvalue weighted by Gasteiger charge is -2.12. The van der Waals surface area contributed by atoms with Gasteiger partial charge in [0.05, 0.1) is 0 Å². The van der Waals surface area contributed by atoms with Crippen molar-refractivity contribution in [3.63, 3.8) is 0 Å². The van der Waals surface area contributed by atoms with Gasteiger partial charge in [-0.3, -0.25) is 0 Å². The molecular formula is C10H8F3O5S-. The monoisotopic (exact) mass is 297 g/mol. The summed E-state index contributed by atoms with van der Waals surface area (Å²) in [5, 5.41) is 10.3. The number of carboxylic acids is 1. The third-order valence-corrected chi connectivity index (χ3v) is 3.02. The van der Waals surface area contributed by atoms with Crippen LogP contribution in [0.2, 0.25) is 0 Å². The van der Waals surface area contributed by atoms with Crippen LogP contribution in [0.4, 0.5) is 13.2 Å². The third kappa shape index (κ3) is 4.12. The average Bonchev–Trinajstić information content (AvgIpc) is 2.25. The maximum absolute atomic E-state index is 12.1. The summed E-state index contributed by atoms with van der Waals surface area (Å²) in [6.07, 6.45) is -0.668. The van der Waals surface area contributed by atoms with Gasteiger partial charge in [-0.1, -0.05) is 18.2 Å². The fourth-order valence-corrected chi connectivity index (χ4v) is 1.69. The smallest absolute Gasteiger partial charge is 0.534 e. The summed E-state index contributed by atoms with van der Waals surface area (Å²) < 4.78 is 62.1. The minimum atomic E-state index is -5.77. The van der Waals surface area contributed by atoms with Gasteiger partial charge in [0.15, 0.2) is 0 Å². The third-order valence-electron chi connectivity index (χ3n) is 2.05. The molecule has 0 bridgehead atoms. The average molecular weight is 297 g/mol. The summed E-state index contributed by atoms with van der Waals surface area (Å²) in [5.74, 6) is -1.96. The number of aryl methyl sites for hydroxylation is 1. The van der Waals surface area contributed by atoms with Gasteiger partial charge in [-0.25, -0.2) is 0 Å². The lowest BCUT2D eigenvalue weighted by atomic mass is 10.1. The minimum absolute atomic E-state index is 0.0273. The van der Waals surface area contributed by atoms with E-state index in [9.17, 15) is 31.5 Å². The first kappa shape index (κ1) is 15.3. The summed E-state index contributed by atoms with van der Waals surface area (Å²) in [4.78, 5) is 10.3. The Kier molecular flexibility index (Phi) is 4.40. The number of hydrogen-bond acceptors (Lipinski definition) is 5. The van der Waals surface area contributed by atoms with Crippen LogP contribution in [-0.4, -0.2) is 19.9 Å². The first-order valence-corrected chi connectivity index (χ1v) is 6.33. The van der Waals surface area contributed by atoms with Crippen molar-refractivity contribution < 1.29 is 35.7 Å². The molecule has 0 aromatic heterocycles. The number of carbonyl (C=O) groups excluding carboxylic acids is 1. The van der Waals surface area contributed by atoms with E-state index < -0.39 is 33.8 Å². The summed E-state index contributed by atoms with van der Waals surface area (Å²) in [5.41, 5.74) is -5.52. The molecule has 1 aromatic carbocycles. The largest absolute Gasteiger partial charge is 0.550 e. The predicted molar refractivity (Wildman–Crippen MR) is 55.4 cm³/mol. The van der Waals surface area contributed by atoms with Gasteiger partial charge in [-0.05, 0) is 24.5 Å². The van der Waals surface area contributed by atoms with Gasteiger partial charge in [0.2, 0.25) is 0 Å². The van der Waals surface area contributed by atoms with Gasteiger partial charge in [0, 0.05) is 5.97 Å². The van der Waals surface area contributed by atoms with Crippen LogP contribution in [0.1, 0.15) is 12.0 Å². The van der Waals surface area contributed by atoms with E-state index in [4.69, 9.17) is 0 Å². The summed E-state index contributed by atoms with van der Waals surface area (Å²) in [7, 11) is -5.77. The Bertz CT molecular complexity index is 565. The summed E-state index contributed by atoms with van der Waals surface area (Å²) >= 11 is 0. The van der Waals surface area contributed by atoms with Gasteiger partial charge in [-0.2, -0.15) is 21.6 Å². The van der Waals surface area contributed by atoms with Crippen LogP contribution in [0.3, 0.4) is 0 Å². The van der Waals surface area contributed by atoms with Crippen molar-refractivity contribution >= 4 is 16.1 Å². The number of rotatable bonds is 5. The Morgan fingerprint density at radius 3 is 2.37 bits per heavy atom. The van der Waals surface area contributed by atoms with Gasteiger partial charge < -0.3 is 14.1 Å². The van der Waals surface area contributed by atoms with Crippen LogP contribution >= 0.6 is 0 Å². The Hall–Kier alpha value is -1.77. The number of aliphatic carboxylic acids is 1. The Balaban J connectivity index is 2.99. The highest BCUT2D eigenvalue weighted by molar-refractivity contribution is 7.88. The zero-order chi connectivity index (χ0) is 14.7. The van der Waals surface area contributed by atoms with Crippen LogP contribution in [0.5, 0.6) is 5.75 Å². The Morgan fingerprint density at radius 1 is 1.26 bits per heavy atom. The Morgan fingerprint density at radius 2 is 1.84 bits per heavy atom. The van der Waals surface area contributed by atoms with Gasteiger partial charge in [0.25, 0.3) is 0 Å². The number of benzene rings is 1. The maximum atomic E-state index is 12.1. The molecule has 9 heteroatoms. The van der Waals surface area contributed by atoms with Crippen LogP contribution in [0.25, 0.3) is 0 Å². The van der Waals surface area contributed by atoms with Crippen LogP contribution < -0.4 is 9.29 Å². The van der Waals surface area contributed by atoms with E-state index in [0.29, 0.717) is 0 Å². The van der Waals surface area contributed by atoms with Crippen molar-refractivity contribution in [2.75, 3.05) is 0 Å². The van der Waals surface area contributed by atoms with E-state index in [1.165, 1.54) is 18.2 Å². The molecule has 0 aliphatic carbocycles. The number of carbonyl (C=O) groups is 1. The second kappa shape index (κ2) is 5.47. The standard InChI is InChI=1S/C10H9F3O5S/c11-10(12,13)19(16,17)18-8-4-2-1-3-7(8)5-6-9(14)15/h1-4H,5-6H2,(H,14,15)/p-1. The molecule has 0 fully saturated rings. The number of hydrogen-bond donors (Lipinski definition) is 0. The predicted octanol–water partition coefficient (Wildman–Crippen LogP) is 0.597. The van der Waals surface area contributed by atoms with Crippen LogP contribution in [0.15, 0.2) is 24.3 Å². The van der Waals surface area contributed by atoms with E-state index in [-0.39, 0.29) is 12.0 Å². The normalized spacial score (nSPS) is 12.2. The molecule has 19 heavy (non-hydrogen) atoms. The molecule has 0 saturated carbocycles. The second-order valence-electron chi connectivity index (χ2n) is 3.46. The number of carboxylic acid groups (broad SMARTS) is 1. The lowest BCUT2D eigenvalue weighted by Crippen LogP contribution is -2.28. The molecule has 0 unspecified atom stereocenters. The highest BCUT2D eigenvalue weighted by atomic mass is 32.2. The second-order valence-corrected chi connectivity index (χ2v) is 5.00. The molecule has 106 valence electrons. The van der Waals surface area contributed by atoms with Crippen molar-refractivity contribution in [1.29, 1.82) is 0 Å². The molecule has 0 N–H and O–H groups in total. The highest BCUT2D eigenvalue weighted by Gasteiger charge is 2.48. The number of halogens is 3. The molecule has 5 nitrogen and oxygen atoms in total. The molecule has 0 spiro atoms. The van der Waals surface area contributed by atoms with Gasteiger partial charge in [0.1, 0.15) is 5.75 Å². The minimum Gasteiger partial charge on any atom is -0.550 e. The molecule has 0 radical (unpaired) electrons. The summed E-state index contributed by atoms with van der Waals surface area (Å²) in [6.45, 7) is 0. The SMILES string of the molecule is O=C([O-])CCc1ccccc1OS(=O)(=O)C(F)(F)F. The van der Waals surface area contributed by atoms with Crippen molar-refractivity contribution in [3.8, 4) is 5.75 Å². The topological polar surface area (TPSA) is 83.5 Å². The molecule has 1 rings (SSSR count). The van der Waals surface area contributed by atoms with Crippen molar-refractivity contribution in [2.45, 2.75) is 18.3 Å². The first-order chi connectivity index (χ1) is 8.63. The molecule has 0 aliphatic rings. The molecule has 0 amide bonds.